The fourth-order valence-corrected chi connectivity index (χ4v) is 3.62. The highest BCUT2D eigenvalue weighted by Gasteiger charge is 2.30. The first-order chi connectivity index (χ1) is 13.3. The van der Waals surface area contributed by atoms with Crippen molar-refractivity contribution in [1.29, 1.82) is 0 Å². The Kier molecular flexibility index (Phi) is 5.70. The van der Waals surface area contributed by atoms with E-state index in [0.29, 0.717) is 10.7 Å². The second-order valence-electron chi connectivity index (χ2n) is 7.33. The number of carbonyl (C=O) groups excluding carboxylic acids is 1. The van der Waals surface area contributed by atoms with Crippen molar-refractivity contribution >= 4 is 34.6 Å². The minimum absolute atomic E-state index is 0.145. The van der Waals surface area contributed by atoms with Crippen molar-refractivity contribution in [2.24, 2.45) is 0 Å². The SMILES string of the molecule is CC1=C(C(=O)Nc2ccc(C)cc2C)C(c2ccc(N(C)C)cc2)NC(=S)N1. The van der Waals surface area contributed by atoms with Gasteiger partial charge in [-0.05, 0) is 62.3 Å². The molecular formula is C22H26N4OS. The van der Waals surface area contributed by atoms with Crippen LogP contribution in [0.3, 0.4) is 0 Å². The number of aryl methyl sites for hydroxylation is 2. The van der Waals surface area contributed by atoms with Crippen molar-refractivity contribution in [3.05, 3.63) is 70.4 Å². The first-order valence-corrected chi connectivity index (χ1v) is 9.61. The Morgan fingerprint density at radius 3 is 2.36 bits per heavy atom. The molecule has 1 heterocycles. The minimum atomic E-state index is -0.310. The van der Waals surface area contributed by atoms with Crippen LogP contribution >= 0.6 is 12.2 Å². The zero-order valence-electron chi connectivity index (χ0n) is 16.9. The Labute approximate surface area is 171 Å². The maximum atomic E-state index is 13.2. The Balaban J connectivity index is 1.93. The van der Waals surface area contributed by atoms with Gasteiger partial charge >= 0.3 is 0 Å². The summed E-state index contributed by atoms with van der Waals surface area (Å²) in [6, 6.07) is 13.8. The standard InChI is InChI=1S/C22H26N4OS/c1-13-6-11-18(14(2)12-13)24-21(27)19-15(3)23-22(28)25-20(19)16-7-9-17(10-8-16)26(4)5/h6-12,20H,1-5H3,(H,24,27)(H2,23,25,28). The van der Waals surface area contributed by atoms with Crippen LogP contribution in [0.2, 0.25) is 0 Å². The number of carbonyl (C=O) groups is 1. The third-order valence-electron chi connectivity index (χ3n) is 4.89. The first kappa shape index (κ1) is 19.9. The van der Waals surface area contributed by atoms with Crippen LogP contribution in [0.15, 0.2) is 53.7 Å². The molecule has 1 aliphatic heterocycles. The third kappa shape index (κ3) is 4.17. The Morgan fingerprint density at radius 2 is 1.75 bits per heavy atom. The summed E-state index contributed by atoms with van der Waals surface area (Å²) in [6.45, 7) is 5.91. The third-order valence-corrected chi connectivity index (χ3v) is 5.11. The lowest BCUT2D eigenvalue weighted by Gasteiger charge is -2.30. The van der Waals surface area contributed by atoms with E-state index in [9.17, 15) is 4.79 Å². The Bertz CT molecular complexity index is 948. The van der Waals surface area contributed by atoms with Crippen molar-refractivity contribution < 1.29 is 4.79 Å². The smallest absolute Gasteiger partial charge is 0.255 e. The number of hydrogen-bond acceptors (Lipinski definition) is 3. The summed E-state index contributed by atoms with van der Waals surface area (Å²) in [5, 5.41) is 9.89. The van der Waals surface area contributed by atoms with E-state index in [2.05, 4.69) is 22.0 Å². The van der Waals surface area contributed by atoms with Gasteiger partial charge in [-0.15, -0.1) is 0 Å². The van der Waals surface area contributed by atoms with E-state index in [1.807, 2.05) is 76.2 Å². The van der Waals surface area contributed by atoms with Crippen LogP contribution < -0.4 is 20.9 Å². The quantitative estimate of drug-likeness (QED) is 0.689. The van der Waals surface area contributed by atoms with E-state index in [-0.39, 0.29) is 11.9 Å². The van der Waals surface area contributed by atoms with Crippen molar-refractivity contribution in [3.63, 3.8) is 0 Å². The Hall–Kier alpha value is -2.86. The lowest BCUT2D eigenvalue weighted by Crippen LogP contribution is -2.45. The van der Waals surface area contributed by atoms with Gasteiger partial charge in [0.05, 0.1) is 11.6 Å². The molecule has 3 N–H and O–H groups in total. The summed E-state index contributed by atoms with van der Waals surface area (Å²) < 4.78 is 0. The van der Waals surface area contributed by atoms with Crippen molar-refractivity contribution in [2.45, 2.75) is 26.8 Å². The zero-order valence-corrected chi connectivity index (χ0v) is 17.7. The molecule has 0 radical (unpaired) electrons. The normalized spacial score (nSPS) is 16.3. The molecule has 0 saturated heterocycles. The van der Waals surface area contributed by atoms with Gasteiger partial charge in [0.2, 0.25) is 0 Å². The summed E-state index contributed by atoms with van der Waals surface area (Å²) in [7, 11) is 4.00. The van der Waals surface area contributed by atoms with Gasteiger partial charge in [-0.1, -0.05) is 29.8 Å². The number of benzene rings is 2. The van der Waals surface area contributed by atoms with Gasteiger partial charge in [0.15, 0.2) is 5.11 Å². The molecule has 0 fully saturated rings. The van der Waals surface area contributed by atoms with Gasteiger partial charge < -0.3 is 20.9 Å². The van der Waals surface area contributed by atoms with Gasteiger partial charge in [-0.25, -0.2) is 0 Å². The average molecular weight is 395 g/mol. The van der Waals surface area contributed by atoms with Crippen molar-refractivity contribution in [2.75, 3.05) is 24.3 Å². The van der Waals surface area contributed by atoms with E-state index in [1.54, 1.807) is 0 Å². The Morgan fingerprint density at radius 1 is 1.07 bits per heavy atom. The van der Waals surface area contributed by atoms with Crippen LogP contribution in [-0.2, 0) is 4.79 Å². The maximum Gasteiger partial charge on any atom is 0.255 e. The number of anilines is 2. The maximum absolute atomic E-state index is 13.2. The van der Waals surface area contributed by atoms with Gasteiger partial charge in [-0.2, -0.15) is 0 Å². The van der Waals surface area contributed by atoms with Gasteiger partial charge in [0.1, 0.15) is 0 Å². The first-order valence-electron chi connectivity index (χ1n) is 9.20. The fraction of sp³-hybridized carbons (Fsp3) is 0.273. The average Bonchev–Trinajstić information content (AvgIpc) is 2.63. The number of amides is 1. The lowest BCUT2D eigenvalue weighted by atomic mass is 9.94. The largest absolute Gasteiger partial charge is 0.378 e. The molecule has 1 atom stereocenters. The molecule has 2 aromatic carbocycles. The van der Waals surface area contributed by atoms with E-state index in [1.165, 1.54) is 0 Å². The van der Waals surface area contributed by atoms with Crippen LogP contribution in [0.1, 0.15) is 29.7 Å². The fourth-order valence-electron chi connectivity index (χ4n) is 3.35. The highest BCUT2D eigenvalue weighted by atomic mass is 32.1. The van der Waals surface area contributed by atoms with E-state index in [4.69, 9.17) is 12.2 Å². The molecule has 28 heavy (non-hydrogen) atoms. The molecule has 0 saturated carbocycles. The topological polar surface area (TPSA) is 56.4 Å². The minimum Gasteiger partial charge on any atom is -0.378 e. The van der Waals surface area contributed by atoms with Crippen molar-refractivity contribution in [3.8, 4) is 0 Å². The molecule has 0 spiro atoms. The highest BCUT2D eigenvalue weighted by molar-refractivity contribution is 7.80. The van der Waals surface area contributed by atoms with E-state index in [0.717, 1.165) is 33.8 Å². The summed E-state index contributed by atoms with van der Waals surface area (Å²) in [4.78, 5) is 15.2. The zero-order chi connectivity index (χ0) is 20.4. The van der Waals surface area contributed by atoms with Gasteiger partial charge in [0.25, 0.3) is 5.91 Å². The number of nitrogens with zero attached hydrogens (tertiary/aromatic N) is 1. The number of nitrogens with one attached hydrogen (secondary N) is 3. The molecule has 5 nitrogen and oxygen atoms in total. The monoisotopic (exact) mass is 394 g/mol. The number of allylic oxidation sites excluding steroid dienone is 1. The van der Waals surface area contributed by atoms with E-state index >= 15 is 0 Å². The van der Waals surface area contributed by atoms with Crippen LogP contribution in [0.5, 0.6) is 0 Å². The highest BCUT2D eigenvalue weighted by Crippen LogP contribution is 2.29. The molecule has 0 aromatic heterocycles. The van der Waals surface area contributed by atoms with Crippen LogP contribution in [0.4, 0.5) is 11.4 Å². The van der Waals surface area contributed by atoms with E-state index < -0.39 is 0 Å². The molecule has 2 aromatic rings. The second-order valence-corrected chi connectivity index (χ2v) is 7.74. The molecule has 1 amide bonds. The summed E-state index contributed by atoms with van der Waals surface area (Å²) in [6.07, 6.45) is 0. The summed E-state index contributed by atoms with van der Waals surface area (Å²) in [5.74, 6) is -0.145. The molecule has 3 rings (SSSR count). The second kappa shape index (κ2) is 8.02. The predicted octanol–water partition coefficient (Wildman–Crippen LogP) is 3.80. The summed E-state index contributed by atoms with van der Waals surface area (Å²) >= 11 is 5.34. The van der Waals surface area contributed by atoms with Crippen LogP contribution in [0, 0.1) is 13.8 Å². The molecule has 0 bridgehead atoms. The molecule has 146 valence electrons. The van der Waals surface area contributed by atoms with Gasteiger partial charge in [-0.3, -0.25) is 4.79 Å². The predicted molar refractivity (Wildman–Crippen MR) is 120 cm³/mol. The molecule has 0 aliphatic carbocycles. The number of thiocarbonyl (C=S) groups is 1. The molecule has 6 heteroatoms. The van der Waals surface area contributed by atoms with Crippen LogP contribution in [0.25, 0.3) is 0 Å². The molecule has 1 unspecified atom stereocenters. The number of rotatable bonds is 4. The van der Waals surface area contributed by atoms with Gasteiger partial charge in [0, 0.05) is 31.2 Å². The lowest BCUT2D eigenvalue weighted by molar-refractivity contribution is -0.113. The molecule has 1 aliphatic rings. The van der Waals surface area contributed by atoms with Crippen molar-refractivity contribution in [1.82, 2.24) is 10.6 Å². The number of hydrogen-bond donors (Lipinski definition) is 3. The summed E-state index contributed by atoms with van der Waals surface area (Å²) in [5.41, 5.74) is 6.48. The van der Waals surface area contributed by atoms with Crippen LogP contribution in [-0.4, -0.2) is 25.1 Å². The molecular weight excluding hydrogens is 368 g/mol.